The van der Waals surface area contributed by atoms with Crippen LogP contribution in [0.1, 0.15) is 11.4 Å². The Morgan fingerprint density at radius 1 is 0.929 bits per heavy atom. The van der Waals surface area contributed by atoms with E-state index in [0.717, 1.165) is 34.4 Å². The van der Waals surface area contributed by atoms with E-state index in [1.165, 1.54) is 0 Å². The second-order valence-electron chi connectivity index (χ2n) is 6.22. The first-order chi connectivity index (χ1) is 13.5. The van der Waals surface area contributed by atoms with E-state index in [4.69, 9.17) is 21.1 Å². The smallest absolute Gasteiger partial charge is 0.136 e. The first-order valence-electron chi connectivity index (χ1n) is 8.93. The predicted molar refractivity (Wildman–Crippen MR) is 113 cm³/mol. The lowest BCUT2D eigenvalue weighted by Gasteiger charge is -2.12. The van der Waals surface area contributed by atoms with E-state index in [2.05, 4.69) is 20.6 Å². The summed E-state index contributed by atoms with van der Waals surface area (Å²) >= 11 is 6.02. The van der Waals surface area contributed by atoms with E-state index in [0.29, 0.717) is 24.0 Å². The van der Waals surface area contributed by atoms with Gasteiger partial charge in [0.05, 0.1) is 13.7 Å². The van der Waals surface area contributed by atoms with Crippen molar-refractivity contribution in [3.05, 3.63) is 64.9 Å². The van der Waals surface area contributed by atoms with Crippen LogP contribution >= 0.6 is 11.6 Å². The minimum atomic E-state index is 0.508. The molecule has 0 fully saturated rings. The number of halogens is 1. The van der Waals surface area contributed by atoms with Gasteiger partial charge in [-0.1, -0.05) is 11.6 Å². The predicted octanol–water partition coefficient (Wildman–Crippen LogP) is 4.99. The summed E-state index contributed by atoms with van der Waals surface area (Å²) in [5, 5.41) is 7.29. The average Bonchev–Trinajstić information content (AvgIpc) is 2.67. The highest BCUT2D eigenvalue weighted by Crippen LogP contribution is 2.23. The normalized spacial score (nSPS) is 10.4. The maximum atomic E-state index is 6.02. The van der Waals surface area contributed by atoms with Gasteiger partial charge in [0.15, 0.2) is 0 Å². The average molecular weight is 399 g/mol. The standard InChI is InChI=1S/C21H23ClN4O2/c1-14-12-16(22)4-9-19(14)26-21-13-20(24-15(2)25-21)23-10-11-28-18-7-5-17(27-3)6-8-18/h4-9,12-13H,10-11H2,1-3H3,(H2,23,24,25,26). The highest BCUT2D eigenvalue weighted by molar-refractivity contribution is 6.30. The van der Waals surface area contributed by atoms with Crippen LogP contribution in [0.2, 0.25) is 5.02 Å². The third-order valence-electron chi connectivity index (χ3n) is 4.03. The molecule has 1 aromatic heterocycles. The van der Waals surface area contributed by atoms with Gasteiger partial charge in [0, 0.05) is 16.8 Å². The number of benzene rings is 2. The van der Waals surface area contributed by atoms with Gasteiger partial charge in [-0.15, -0.1) is 0 Å². The topological polar surface area (TPSA) is 68.3 Å². The summed E-state index contributed by atoms with van der Waals surface area (Å²) in [4.78, 5) is 8.87. The van der Waals surface area contributed by atoms with Crippen LogP contribution < -0.4 is 20.1 Å². The molecule has 28 heavy (non-hydrogen) atoms. The molecule has 0 radical (unpaired) electrons. The van der Waals surface area contributed by atoms with Crippen molar-refractivity contribution in [2.24, 2.45) is 0 Å². The van der Waals surface area contributed by atoms with Crippen LogP contribution in [0, 0.1) is 13.8 Å². The summed E-state index contributed by atoms with van der Waals surface area (Å²) in [5.74, 6) is 3.73. The lowest BCUT2D eigenvalue weighted by molar-refractivity contribution is 0.331. The number of aryl methyl sites for hydroxylation is 2. The first-order valence-corrected chi connectivity index (χ1v) is 9.31. The Hall–Kier alpha value is -2.99. The van der Waals surface area contributed by atoms with E-state index in [1.807, 2.05) is 62.4 Å². The highest BCUT2D eigenvalue weighted by Gasteiger charge is 2.05. The number of aromatic nitrogens is 2. The number of rotatable bonds is 8. The van der Waals surface area contributed by atoms with Crippen molar-refractivity contribution in [3.63, 3.8) is 0 Å². The number of nitrogens with zero attached hydrogens (tertiary/aromatic N) is 2. The molecule has 1 heterocycles. The van der Waals surface area contributed by atoms with Gasteiger partial charge in [-0.05, 0) is 61.9 Å². The molecule has 0 saturated carbocycles. The van der Waals surface area contributed by atoms with Crippen molar-refractivity contribution in [2.45, 2.75) is 13.8 Å². The first kappa shape index (κ1) is 19.8. The summed E-state index contributed by atoms with van der Waals surface area (Å²) in [6.45, 7) is 4.98. The molecule has 2 N–H and O–H groups in total. The molecular formula is C21H23ClN4O2. The maximum Gasteiger partial charge on any atom is 0.136 e. The zero-order valence-electron chi connectivity index (χ0n) is 16.1. The molecule has 0 amide bonds. The molecule has 0 aliphatic heterocycles. The Kier molecular flexibility index (Phi) is 6.55. The molecule has 0 bridgehead atoms. The van der Waals surface area contributed by atoms with Crippen LogP contribution in [0.25, 0.3) is 0 Å². The monoisotopic (exact) mass is 398 g/mol. The molecule has 0 atom stereocenters. The SMILES string of the molecule is COc1ccc(OCCNc2cc(Nc3ccc(Cl)cc3C)nc(C)n2)cc1. The summed E-state index contributed by atoms with van der Waals surface area (Å²) in [6.07, 6.45) is 0. The van der Waals surface area contributed by atoms with E-state index in [9.17, 15) is 0 Å². The van der Waals surface area contributed by atoms with Crippen molar-refractivity contribution in [3.8, 4) is 11.5 Å². The van der Waals surface area contributed by atoms with E-state index in [-0.39, 0.29) is 0 Å². The highest BCUT2D eigenvalue weighted by atomic mass is 35.5. The molecule has 0 saturated heterocycles. The fourth-order valence-electron chi connectivity index (χ4n) is 2.65. The third kappa shape index (κ3) is 5.50. The van der Waals surface area contributed by atoms with Crippen LogP contribution in [0.5, 0.6) is 11.5 Å². The molecule has 3 aromatic rings. The minimum absolute atomic E-state index is 0.508. The third-order valence-corrected chi connectivity index (χ3v) is 4.26. The molecule has 0 aliphatic rings. The van der Waals surface area contributed by atoms with Gasteiger partial charge in [-0.2, -0.15) is 0 Å². The van der Waals surface area contributed by atoms with Gasteiger partial charge in [-0.3, -0.25) is 0 Å². The van der Waals surface area contributed by atoms with Crippen molar-refractivity contribution in [1.82, 2.24) is 9.97 Å². The molecule has 2 aromatic carbocycles. The van der Waals surface area contributed by atoms with Crippen molar-refractivity contribution in [2.75, 3.05) is 30.9 Å². The summed E-state index contributed by atoms with van der Waals surface area (Å²) in [7, 11) is 1.64. The van der Waals surface area contributed by atoms with Crippen molar-refractivity contribution >= 4 is 28.9 Å². The van der Waals surface area contributed by atoms with Crippen LogP contribution in [0.3, 0.4) is 0 Å². The number of anilines is 3. The Morgan fingerprint density at radius 3 is 2.36 bits per heavy atom. The fraction of sp³-hybridized carbons (Fsp3) is 0.238. The van der Waals surface area contributed by atoms with Crippen LogP contribution in [0.4, 0.5) is 17.3 Å². The molecular weight excluding hydrogens is 376 g/mol. The summed E-state index contributed by atoms with van der Waals surface area (Å²) in [5.41, 5.74) is 2.00. The largest absolute Gasteiger partial charge is 0.497 e. The molecule has 6 nitrogen and oxygen atoms in total. The van der Waals surface area contributed by atoms with E-state index < -0.39 is 0 Å². The van der Waals surface area contributed by atoms with Crippen LogP contribution in [-0.2, 0) is 0 Å². The molecule has 3 rings (SSSR count). The Balaban J connectivity index is 1.56. The number of ether oxygens (including phenoxy) is 2. The number of methoxy groups -OCH3 is 1. The zero-order valence-corrected chi connectivity index (χ0v) is 16.9. The molecule has 0 spiro atoms. The Bertz CT molecular complexity index is 932. The van der Waals surface area contributed by atoms with E-state index >= 15 is 0 Å². The maximum absolute atomic E-state index is 6.02. The quantitative estimate of drug-likeness (QED) is 0.521. The fourth-order valence-corrected chi connectivity index (χ4v) is 2.87. The van der Waals surface area contributed by atoms with Crippen molar-refractivity contribution in [1.29, 1.82) is 0 Å². The van der Waals surface area contributed by atoms with Gasteiger partial charge < -0.3 is 20.1 Å². The zero-order chi connectivity index (χ0) is 19.9. The molecule has 146 valence electrons. The van der Waals surface area contributed by atoms with Crippen LogP contribution in [-0.4, -0.2) is 30.2 Å². The van der Waals surface area contributed by atoms with Gasteiger partial charge in [0.1, 0.15) is 35.6 Å². The number of nitrogens with one attached hydrogen (secondary N) is 2. The van der Waals surface area contributed by atoms with Gasteiger partial charge >= 0.3 is 0 Å². The second-order valence-corrected chi connectivity index (χ2v) is 6.66. The number of hydrogen-bond donors (Lipinski definition) is 2. The van der Waals surface area contributed by atoms with Gasteiger partial charge in [0.25, 0.3) is 0 Å². The Labute approximate surface area is 169 Å². The second kappa shape index (κ2) is 9.28. The molecule has 0 aliphatic carbocycles. The van der Waals surface area contributed by atoms with E-state index in [1.54, 1.807) is 7.11 Å². The summed E-state index contributed by atoms with van der Waals surface area (Å²) in [6, 6.07) is 15.1. The summed E-state index contributed by atoms with van der Waals surface area (Å²) < 4.78 is 10.9. The van der Waals surface area contributed by atoms with Crippen molar-refractivity contribution < 1.29 is 9.47 Å². The lowest BCUT2D eigenvalue weighted by Crippen LogP contribution is -2.13. The van der Waals surface area contributed by atoms with Gasteiger partial charge in [0.2, 0.25) is 0 Å². The number of hydrogen-bond acceptors (Lipinski definition) is 6. The molecule has 0 unspecified atom stereocenters. The molecule has 7 heteroatoms. The van der Waals surface area contributed by atoms with Gasteiger partial charge in [-0.25, -0.2) is 9.97 Å². The van der Waals surface area contributed by atoms with Crippen LogP contribution in [0.15, 0.2) is 48.5 Å². The Morgan fingerprint density at radius 2 is 1.64 bits per heavy atom. The minimum Gasteiger partial charge on any atom is -0.497 e. The lowest BCUT2D eigenvalue weighted by atomic mass is 10.2.